The van der Waals surface area contributed by atoms with E-state index in [2.05, 4.69) is 22.3 Å². The molecule has 0 spiro atoms. The van der Waals surface area contributed by atoms with Crippen LogP contribution in [0.15, 0.2) is 35.5 Å². The maximum Gasteiger partial charge on any atom is 0.233 e. The van der Waals surface area contributed by atoms with Crippen LogP contribution in [-0.4, -0.2) is 43.4 Å². The Kier molecular flexibility index (Phi) is 6.43. The average molecular weight is 347 g/mol. The Morgan fingerprint density at radius 2 is 1.75 bits per heavy atom. The van der Waals surface area contributed by atoms with Gasteiger partial charge in [-0.25, -0.2) is 0 Å². The van der Waals surface area contributed by atoms with Crippen molar-refractivity contribution < 1.29 is 4.79 Å². The van der Waals surface area contributed by atoms with E-state index in [0.29, 0.717) is 5.75 Å². The third-order valence-electron chi connectivity index (χ3n) is 3.86. The van der Waals surface area contributed by atoms with Gasteiger partial charge in [0.25, 0.3) is 0 Å². The van der Waals surface area contributed by atoms with E-state index in [4.69, 9.17) is 0 Å². The zero-order valence-corrected chi connectivity index (χ0v) is 15.9. The van der Waals surface area contributed by atoms with Crippen molar-refractivity contribution in [1.82, 2.24) is 19.7 Å². The van der Waals surface area contributed by atoms with Gasteiger partial charge in [-0.15, -0.1) is 10.2 Å². The second-order valence-corrected chi connectivity index (χ2v) is 7.34. The molecule has 0 unspecified atom stereocenters. The largest absolute Gasteiger partial charge is 0.337 e. The van der Waals surface area contributed by atoms with Crippen molar-refractivity contribution in [2.24, 2.45) is 7.05 Å². The number of thioether (sulfide) groups is 1. The molecule has 130 valence electrons. The summed E-state index contributed by atoms with van der Waals surface area (Å²) in [6.07, 6.45) is 0.739. The minimum Gasteiger partial charge on any atom is -0.337 e. The van der Waals surface area contributed by atoms with Crippen molar-refractivity contribution in [3.63, 3.8) is 0 Å². The van der Waals surface area contributed by atoms with Crippen LogP contribution in [0, 0.1) is 0 Å². The molecule has 2 aromatic rings. The first-order chi connectivity index (χ1) is 11.4. The number of hydrogen-bond donors (Lipinski definition) is 0. The van der Waals surface area contributed by atoms with E-state index in [-0.39, 0.29) is 18.0 Å². The van der Waals surface area contributed by atoms with Crippen molar-refractivity contribution in [3.8, 4) is 0 Å². The van der Waals surface area contributed by atoms with Crippen LogP contribution in [0.2, 0.25) is 0 Å². The molecule has 5 nitrogen and oxygen atoms in total. The fourth-order valence-corrected chi connectivity index (χ4v) is 3.58. The predicted octanol–water partition coefficient (Wildman–Crippen LogP) is 3.14. The lowest BCUT2D eigenvalue weighted by atomic mass is 10.1. The summed E-state index contributed by atoms with van der Waals surface area (Å²) < 4.78 is 1.97. The van der Waals surface area contributed by atoms with Gasteiger partial charge in [0.05, 0.1) is 5.75 Å². The van der Waals surface area contributed by atoms with E-state index in [0.717, 1.165) is 17.4 Å². The predicted molar refractivity (Wildman–Crippen MR) is 98.1 cm³/mol. The van der Waals surface area contributed by atoms with E-state index < -0.39 is 0 Å². The normalized spacial score (nSPS) is 11.3. The molecular formula is C18H26N4OS. The lowest BCUT2D eigenvalue weighted by Crippen LogP contribution is -2.43. The Balaban J connectivity index is 2.00. The molecular weight excluding hydrogens is 320 g/mol. The van der Waals surface area contributed by atoms with Gasteiger partial charge >= 0.3 is 0 Å². The maximum atomic E-state index is 12.5. The maximum absolute atomic E-state index is 12.5. The molecule has 1 heterocycles. The summed E-state index contributed by atoms with van der Waals surface area (Å²) in [6.45, 7) is 8.18. The molecule has 0 bridgehead atoms. The summed E-state index contributed by atoms with van der Waals surface area (Å²) in [7, 11) is 1.95. The van der Waals surface area contributed by atoms with E-state index in [9.17, 15) is 4.79 Å². The fourth-order valence-electron chi connectivity index (χ4n) is 2.78. The summed E-state index contributed by atoms with van der Waals surface area (Å²) in [5.41, 5.74) is 1.20. The fraction of sp³-hybridized carbons (Fsp3) is 0.500. The molecule has 0 atom stereocenters. The molecule has 0 aliphatic rings. The minimum absolute atomic E-state index is 0.137. The molecule has 6 heteroatoms. The van der Waals surface area contributed by atoms with Crippen LogP contribution in [0.25, 0.3) is 0 Å². The summed E-state index contributed by atoms with van der Waals surface area (Å²) >= 11 is 1.45. The molecule has 0 radical (unpaired) electrons. The Morgan fingerprint density at radius 3 is 2.33 bits per heavy atom. The highest BCUT2D eigenvalue weighted by molar-refractivity contribution is 7.99. The zero-order chi connectivity index (χ0) is 17.7. The summed E-state index contributed by atoms with van der Waals surface area (Å²) in [5, 5.41) is 9.29. The van der Waals surface area contributed by atoms with Gasteiger partial charge in [0, 0.05) is 25.6 Å². The number of aromatic nitrogens is 3. The van der Waals surface area contributed by atoms with Gasteiger partial charge in [-0.1, -0.05) is 42.1 Å². The highest BCUT2D eigenvalue weighted by Crippen LogP contribution is 2.19. The SMILES string of the molecule is CC(C)N(C(=O)CSc1nnc(Cc2ccccc2)n1C)C(C)C. The summed E-state index contributed by atoms with van der Waals surface area (Å²) in [4.78, 5) is 14.4. The van der Waals surface area contributed by atoms with Gasteiger partial charge in [-0.2, -0.15) is 0 Å². The molecule has 0 saturated carbocycles. The summed E-state index contributed by atoms with van der Waals surface area (Å²) in [6, 6.07) is 10.6. The number of carbonyl (C=O) groups excluding carboxylic acids is 1. The highest BCUT2D eigenvalue weighted by atomic mass is 32.2. The second-order valence-electron chi connectivity index (χ2n) is 6.40. The third kappa shape index (κ3) is 4.60. The van der Waals surface area contributed by atoms with Crippen LogP contribution in [0.1, 0.15) is 39.1 Å². The van der Waals surface area contributed by atoms with Gasteiger partial charge in [0.2, 0.25) is 5.91 Å². The Bertz CT molecular complexity index is 659. The third-order valence-corrected chi connectivity index (χ3v) is 4.86. The Labute approximate surface area is 148 Å². The lowest BCUT2D eigenvalue weighted by Gasteiger charge is -2.30. The van der Waals surface area contributed by atoms with E-state index in [1.165, 1.54) is 17.3 Å². The van der Waals surface area contributed by atoms with Crippen LogP contribution in [0.4, 0.5) is 0 Å². The number of rotatable bonds is 7. The second kappa shape index (κ2) is 8.33. The Morgan fingerprint density at radius 1 is 1.12 bits per heavy atom. The van der Waals surface area contributed by atoms with Crippen molar-refractivity contribution >= 4 is 17.7 Å². The average Bonchev–Trinajstić information content (AvgIpc) is 2.86. The van der Waals surface area contributed by atoms with Gasteiger partial charge in [-0.05, 0) is 33.3 Å². The first kappa shape index (κ1) is 18.5. The molecule has 1 aromatic carbocycles. The van der Waals surface area contributed by atoms with E-state index >= 15 is 0 Å². The smallest absolute Gasteiger partial charge is 0.233 e. The van der Waals surface area contributed by atoms with Crippen molar-refractivity contribution in [1.29, 1.82) is 0 Å². The van der Waals surface area contributed by atoms with Gasteiger partial charge < -0.3 is 9.47 Å². The van der Waals surface area contributed by atoms with E-state index in [1.807, 2.05) is 62.4 Å². The molecule has 0 fully saturated rings. The topological polar surface area (TPSA) is 51.0 Å². The zero-order valence-electron chi connectivity index (χ0n) is 15.1. The molecule has 0 saturated heterocycles. The first-order valence-corrected chi connectivity index (χ1v) is 9.24. The van der Waals surface area contributed by atoms with Gasteiger partial charge in [-0.3, -0.25) is 4.79 Å². The molecule has 0 aliphatic carbocycles. The number of nitrogens with zero attached hydrogens (tertiary/aromatic N) is 4. The van der Waals surface area contributed by atoms with E-state index in [1.54, 1.807) is 0 Å². The quantitative estimate of drug-likeness (QED) is 0.723. The van der Waals surface area contributed by atoms with Crippen LogP contribution in [0.5, 0.6) is 0 Å². The van der Waals surface area contributed by atoms with Crippen LogP contribution in [0.3, 0.4) is 0 Å². The van der Waals surface area contributed by atoms with Gasteiger partial charge in [0.15, 0.2) is 5.16 Å². The molecule has 0 N–H and O–H groups in total. The highest BCUT2D eigenvalue weighted by Gasteiger charge is 2.21. The van der Waals surface area contributed by atoms with Gasteiger partial charge in [0.1, 0.15) is 5.82 Å². The lowest BCUT2D eigenvalue weighted by molar-refractivity contribution is -0.131. The number of benzene rings is 1. The molecule has 1 aromatic heterocycles. The number of carbonyl (C=O) groups is 1. The summed E-state index contributed by atoms with van der Waals surface area (Å²) in [5.74, 6) is 1.42. The van der Waals surface area contributed by atoms with Crippen LogP contribution >= 0.6 is 11.8 Å². The molecule has 2 rings (SSSR count). The Hall–Kier alpha value is -1.82. The molecule has 24 heavy (non-hydrogen) atoms. The van der Waals surface area contributed by atoms with Crippen molar-refractivity contribution in [2.45, 2.75) is 51.4 Å². The van der Waals surface area contributed by atoms with Crippen LogP contribution in [-0.2, 0) is 18.3 Å². The van der Waals surface area contributed by atoms with Crippen molar-refractivity contribution in [3.05, 3.63) is 41.7 Å². The first-order valence-electron chi connectivity index (χ1n) is 8.26. The molecule has 1 amide bonds. The molecule has 0 aliphatic heterocycles. The van der Waals surface area contributed by atoms with Crippen molar-refractivity contribution in [2.75, 3.05) is 5.75 Å². The minimum atomic E-state index is 0.137. The number of amides is 1. The monoisotopic (exact) mass is 346 g/mol. The number of hydrogen-bond acceptors (Lipinski definition) is 4. The van der Waals surface area contributed by atoms with Crippen LogP contribution < -0.4 is 0 Å². The standard InChI is InChI=1S/C18H26N4OS/c1-13(2)22(14(3)4)17(23)12-24-18-20-19-16(21(18)5)11-15-9-7-6-8-10-15/h6-10,13-14H,11-12H2,1-5H3.